The normalized spacial score (nSPS) is 17.6. The average Bonchev–Trinajstić information content (AvgIpc) is 2.86. The van der Waals surface area contributed by atoms with Gasteiger partial charge in [0.15, 0.2) is 5.58 Å². The quantitative estimate of drug-likeness (QED) is 0.563. The molecule has 1 aliphatic carbocycles. The molecular weight excluding hydrogens is 398 g/mol. The smallest absolute Gasteiger partial charge is 0.257 e. The van der Waals surface area contributed by atoms with Gasteiger partial charge in [-0.3, -0.25) is 4.79 Å². The van der Waals surface area contributed by atoms with Crippen molar-refractivity contribution in [1.29, 1.82) is 0 Å². The molecule has 1 heterocycles. The largest absolute Gasteiger partial charge is 0.431 e. The molecule has 0 spiro atoms. The van der Waals surface area contributed by atoms with Crippen molar-refractivity contribution >= 4 is 38.8 Å². The van der Waals surface area contributed by atoms with Crippen LogP contribution in [0.2, 0.25) is 0 Å². The minimum absolute atomic E-state index is 0.0185. The summed E-state index contributed by atoms with van der Waals surface area (Å²) in [5.74, 6) is -0.0185. The van der Waals surface area contributed by atoms with Crippen LogP contribution in [0, 0.1) is 0 Å². The topological polar surface area (TPSA) is 92.5 Å². The van der Waals surface area contributed by atoms with Gasteiger partial charge in [-0.15, -0.1) is 0 Å². The van der Waals surface area contributed by atoms with Crippen LogP contribution in [0.5, 0.6) is 0 Å². The Balaban J connectivity index is 1.69. The number of rotatable bonds is 6. The van der Waals surface area contributed by atoms with E-state index in [9.17, 15) is 13.2 Å². The first-order valence-corrected chi connectivity index (χ1v) is 11.9. The second kappa shape index (κ2) is 8.84. The zero-order valence-electron chi connectivity index (χ0n) is 16.5. The number of thioether (sulfide) groups is 1. The third-order valence-electron chi connectivity index (χ3n) is 4.97. The summed E-state index contributed by atoms with van der Waals surface area (Å²) >= 11 is 1.24. The number of oxazole rings is 1. The van der Waals surface area contributed by atoms with E-state index in [1.165, 1.54) is 50.8 Å². The summed E-state index contributed by atoms with van der Waals surface area (Å²) in [6.07, 6.45) is 6.88. The molecule has 7 nitrogen and oxygen atoms in total. The summed E-state index contributed by atoms with van der Waals surface area (Å²) in [4.78, 5) is 17.0. The van der Waals surface area contributed by atoms with E-state index < -0.39 is 10.0 Å². The number of carbonyl (C=O) groups excluding carboxylic acids is 1. The van der Waals surface area contributed by atoms with E-state index in [0.717, 1.165) is 30.0 Å². The first-order chi connectivity index (χ1) is 13.3. The molecule has 1 saturated carbocycles. The fourth-order valence-corrected chi connectivity index (χ4v) is 4.94. The van der Waals surface area contributed by atoms with Gasteiger partial charge in [-0.25, -0.2) is 17.7 Å². The van der Waals surface area contributed by atoms with Crippen LogP contribution >= 0.6 is 11.8 Å². The number of fused-ring (bicyclic) bond motifs is 1. The molecule has 1 N–H and O–H groups in total. The van der Waals surface area contributed by atoms with Gasteiger partial charge in [0, 0.05) is 20.1 Å². The van der Waals surface area contributed by atoms with Crippen LogP contribution in [0.25, 0.3) is 11.1 Å². The molecule has 0 bridgehead atoms. The van der Waals surface area contributed by atoms with Crippen molar-refractivity contribution in [1.82, 2.24) is 14.6 Å². The van der Waals surface area contributed by atoms with Crippen LogP contribution in [0.3, 0.4) is 0 Å². The molecule has 1 aliphatic rings. The molecule has 154 valence electrons. The van der Waals surface area contributed by atoms with Gasteiger partial charge in [0.2, 0.25) is 15.9 Å². The van der Waals surface area contributed by atoms with E-state index in [-0.39, 0.29) is 22.1 Å². The van der Waals surface area contributed by atoms with Gasteiger partial charge >= 0.3 is 0 Å². The lowest BCUT2D eigenvalue weighted by Crippen LogP contribution is -2.39. The SMILES string of the molecule is C[C@@H](Sc1nc2cc(S(=O)(=O)N(C)C)ccc2o1)C(=O)NC1CCCCCC1. The van der Waals surface area contributed by atoms with Crippen LogP contribution in [-0.2, 0) is 14.8 Å². The molecule has 1 aromatic carbocycles. The first-order valence-electron chi connectivity index (χ1n) is 9.57. The number of amides is 1. The van der Waals surface area contributed by atoms with Gasteiger partial charge in [-0.2, -0.15) is 0 Å². The third-order valence-corrected chi connectivity index (χ3v) is 7.72. The number of carbonyl (C=O) groups is 1. The monoisotopic (exact) mass is 425 g/mol. The highest BCUT2D eigenvalue weighted by atomic mass is 32.2. The lowest BCUT2D eigenvalue weighted by molar-refractivity contribution is -0.121. The summed E-state index contributed by atoms with van der Waals surface area (Å²) in [6.45, 7) is 1.83. The van der Waals surface area contributed by atoms with E-state index in [2.05, 4.69) is 10.3 Å². The Morgan fingerprint density at radius 2 is 1.93 bits per heavy atom. The van der Waals surface area contributed by atoms with Crippen molar-refractivity contribution < 1.29 is 17.6 Å². The summed E-state index contributed by atoms with van der Waals surface area (Å²) in [5.41, 5.74) is 0.957. The van der Waals surface area contributed by atoms with Crippen molar-refractivity contribution in [3.05, 3.63) is 18.2 Å². The zero-order valence-corrected chi connectivity index (χ0v) is 18.1. The van der Waals surface area contributed by atoms with Crippen molar-refractivity contribution in [3.63, 3.8) is 0 Å². The Morgan fingerprint density at radius 3 is 2.57 bits per heavy atom. The van der Waals surface area contributed by atoms with E-state index in [4.69, 9.17) is 4.42 Å². The third kappa shape index (κ3) is 4.87. The molecule has 9 heteroatoms. The van der Waals surface area contributed by atoms with Gasteiger partial charge in [0.1, 0.15) is 5.52 Å². The highest BCUT2D eigenvalue weighted by Gasteiger charge is 2.23. The van der Waals surface area contributed by atoms with E-state index in [0.29, 0.717) is 16.3 Å². The fraction of sp³-hybridized carbons (Fsp3) is 0.579. The maximum absolute atomic E-state index is 12.5. The lowest BCUT2D eigenvalue weighted by atomic mass is 10.1. The minimum Gasteiger partial charge on any atom is -0.431 e. The molecule has 2 aromatic rings. The van der Waals surface area contributed by atoms with Crippen LogP contribution in [0.4, 0.5) is 0 Å². The maximum atomic E-state index is 12.5. The lowest BCUT2D eigenvalue weighted by Gasteiger charge is -2.18. The molecule has 0 aliphatic heterocycles. The number of benzene rings is 1. The van der Waals surface area contributed by atoms with Crippen LogP contribution in [0.15, 0.2) is 32.7 Å². The molecule has 1 amide bonds. The van der Waals surface area contributed by atoms with Gasteiger partial charge in [0.05, 0.1) is 10.1 Å². The Hall–Kier alpha value is -1.58. The highest BCUT2D eigenvalue weighted by molar-refractivity contribution is 8.00. The Bertz CT molecular complexity index is 932. The summed E-state index contributed by atoms with van der Waals surface area (Å²) in [6, 6.07) is 4.84. The number of aromatic nitrogens is 1. The Labute approximate surface area is 170 Å². The van der Waals surface area contributed by atoms with Crippen molar-refractivity contribution in [3.8, 4) is 0 Å². The molecule has 0 unspecified atom stereocenters. The van der Waals surface area contributed by atoms with E-state index in [1.54, 1.807) is 6.07 Å². The average molecular weight is 426 g/mol. The van der Waals surface area contributed by atoms with Crippen molar-refractivity contribution in [2.45, 2.75) is 66.9 Å². The van der Waals surface area contributed by atoms with Crippen LogP contribution < -0.4 is 5.32 Å². The zero-order chi connectivity index (χ0) is 20.3. The van der Waals surface area contributed by atoms with Gasteiger partial charge in [-0.05, 0) is 38.0 Å². The van der Waals surface area contributed by atoms with Gasteiger partial charge in [-0.1, -0.05) is 37.4 Å². The molecule has 1 atom stereocenters. The molecule has 3 rings (SSSR count). The molecule has 1 aromatic heterocycles. The van der Waals surface area contributed by atoms with Crippen LogP contribution in [-0.4, -0.2) is 49.0 Å². The second-order valence-electron chi connectivity index (χ2n) is 7.35. The summed E-state index contributed by atoms with van der Waals surface area (Å²) < 4.78 is 31.4. The summed E-state index contributed by atoms with van der Waals surface area (Å²) in [5, 5.41) is 3.15. The number of hydrogen-bond acceptors (Lipinski definition) is 6. The highest BCUT2D eigenvalue weighted by Crippen LogP contribution is 2.29. The van der Waals surface area contributed by atoms with E-state index in [1.807, 2.05) is 6.92 Å². The Kier molecular flexibility index (Phi) is 6.67. The van der Waals surface area contributed by atoms with Crippen LogP contribution in [0.1, 0.15) is 45.4 Å². The second-order valence-corrected chi connectivity index (χ2v) is 10.8. The first kappa shape index (κ1) is 21.1. The molecular formula is C19H27N3O4S2. The number of hydrogen-bond donors (Lipinski definition) is 1. The molecule has 0 saturated heterocycles. The molecule has 28 heavy (non-hydrogen) atoms. The number of nitrogens with zero attached hydrogens (tertiary/aromatic N) is 2. The predicted octanol–water partition coefficient (Wildman–Crippen LogP) is 3.40. The Morgan fingerprint density at radius 1 is 1.25 bits per heavy atom. The van der Waals surface area contributed by atoms with Gasteiger partial charge in [0.25, 0.3) is 5.22 Å². The van der Waals surface area contributed by atoms with Gasteiger partial charge < -0.3 is 9.73 Å². The summed E-state index contributed by atoms with van der Waals surface area (Å²) in [7, 11) is -0.566. The predicted molar refractivity (Wildman–Crippen MR) is 110 cm³/mol. The standard InChI is InChI=1S/C19H27N3O4S2/c1-13(18(23)20-14-8-6-4-5-7-9-14)27-19-21-16-12-15(10-11-17(16)26-19)28(24,25)22(2)3/h10-14H,4-9H2,1-3H3,(H,20,23)/t13-/m1/s1. The van der Waals surface area contributed by atoms with E-state index >= 15 is 0 Å². The number of sulfonamides is 1. The number of nitrogens with one attached hydrogen (secondary N) is 1. The fourth-order valence-electron chi connectivity index (χ4n) is 3.25. The molecule has 1 fully saturated rings. The maximum Gasteiger partial charge on any atom is 0.257 e. The van der Waals surface area contributed by atoms with Crippen molar-refractivity contribution in [2.75, 3.05) is 14.1 Å². The van der Waals surface area contributed by atoms with Crippen molar-refractivity contribution in [2.24, 2.45) is 0 Å². The minimum atomic E-state index is -3.53. The molecule has 0 radical (unpaired) electrons.